The minimum absolute atomic E-state index is 0.0240. The van der Waals surface area contributed by atoms with E-state index in [1.165, 1.54) is 83.5 Å². The number of carbonyl (C=O) groups is 2. The Balaban J connectivity index is 4.47. The van der Waals surface area contributed by atoms with Crippen LogP contribution in [0.2, 0.25) is 0 Å². The molecule has 0 rings (SSSR count). The molecule has 0 saturated heterocycles. The lowest BCUT2D eigenvalue weighted by Gasteiger charge is -2.24. The van der Waals surface area contributed by atoms with Gasteiger partial charge in [0, 0.05) is 12.8 Å². The summed E-state index contributed by atoms with van der Waals surface area (Å²) in [5, 5.41) is 0. The van der Waals surface area contributed by atoms with E-state index >= 15 is 0 Å². The zero-order valence-corrected chi connectivity index (χ0v) is 34.9. The average Bonchev–Trinajstić information content (AvgIpc) is 3.09. The van der Waals surface area contributed by atoms with Crippen LogP contribution in [0.25, 0.3) is 0 Å². The van der Waals surface area contributed by atoms with Gasteiger partial charge in [0.1, 0.15) is 19.8 Å². The van der Waals surface area contributed by atoms with Gasteiger partial charge in [-0.05, 0) is 51.4 Å². The quantitative estimate of drug-likeness (QED) is 0.0219. The van der Waals surface area contributed by atoms with Gasteiger partial charge >= 0.3 is 19.8 Å². The number of esters is 2. The van der Waals surface area contributed by atoms with Gasteiger partial charge in [0.05, 0.1) is 27.7 Å². The second kappa shape index (κ2) is 35.0. The van der Waals surface area contributed by atoms with Gasteiger partial charge in [-0.25, -0.2) is 4.57 Å². The van der Waals surface area contributed by atoms with Crippen LogP contribution in [0.1, 0.15) is 168 Å². The van der Waals surface area contributed by atoms with Crippen LogP contribution in [0.4, 0.5) is 0 Å². The maximum atomic E-state index is 12.6. The second-order valence-corrected chi connectivity index (χ2v) is 16.5. The van der Waals surface area contributed by atoms with Crippen molar-refractivity contribution in [2.24, 2.45) is 0 Å². The zero-order chi connectivity index (χ0) is 38.6. The molecule has 0 radical (unpaired) electrons. The Labute approximate surface area is 319 Å². The standard InChI is InChI=1S/C42H78NO8P/c1-6-8-10-12-14-16-18-20-21-23-25-27-29-31-33-35-42(45)51-40(39-50-52(46,47)49-37-36-43(3,4)5)38-48-41(44)34-32-30-28-26-24-22-19-17-15-13-11-9-7-2/h14,16,20-21,27,29,40H,6-13,15,17-19,22-26,28,30-39H2,1-5H3/p+1/b16-14-,21-20-,29-27+. The van der Waals surface area contributed by atoms with E-state index in [2.05, 4.69) is 50.3 Å². The summed E-state index contributed by atoms with van der Waals surface area (Å²) in [5.74, 6) is -0.853. The highest BCUT2D eigenvalue weighted by Gasteiger charge is 2.27. The smallest absolute Gasteiger partial charge is 0.462 e. The molecule has 0 aliphatic rings. The number of quaternary nitrogens is 1. The van der Waals surface area contributed by atoms with Crippen LogP contribution in [0.5, 0.6) is 0 Å². The molecule has 0 fully saturated rings. The van der Waals surface area contributed by atoms with Gasteiger partial charge in [-0.3, -0.25) is 18.6 Å². The molecule has 0 aliphatic heterocycles. The van der Waals surface area contributed by atoms with Crippen molar-refractivity contribution in [3.63, 3.8) is 0 Å². The molecule has 2 unspecified atom stereocenters. The third-order valence-electron chi connectivity index (χ3n) is 8.65. The van der Waals surface area contributed by atoms with Crippen molar-refractivity contribution in [2.45, 2.75) is 174 Å². The number of hydrogen-bond acceptors (Lipinski definition) is 7. The number of rotatable bonds is 37. The van der Waals surface area contributed by atoms with Gasteiger partial charge in [0.15, 0.2) is 6.10 Å². The van der Waals surface area contributed by atoms with E-state index in [9.17, 15) is 19.0 Å². The van der Waals surface area contributed by atoms with E-state index in [1.807, 2.05) is 21.1 Å². The van der Waals surface area contributed by atoms with Gasteiger partial charge in [0.25, 0.3) is 0 Å². The zero-order valence-electron chi connectivity index (χ0n) is 34.0. The SMILES string of the molecule is CCCCC/C=C\C/C=C\CC/C=C/CCCC(=O)OC(COC(=O)CCCCCCCCCCCCCCC)COP(=O)(O)OCC[N+](C)(C)C. The lowest BCUT2D eigenvalue weighted by Crippen LogP contribution is -2.37. The normalized spacial score (nSPS) is 14.0. The molecule has 10 heteroatoms. The largest absolute Gasteiger partial charge is 0.472 e. The molecule has 0 saturated carbocycles. The first-order valence-electron chi connectivity index (χ1n) is 20.7. The molecular weight excluding hydrogens is 677 g/mol. The Kier molecular flexibility index (Phi) is 33.8. The lowest BCUT2D eigenvalue weighted by molar-refractivity contribution is -0.870. The third kappa shape index (κ3) is 38.0. The van der Waals surface area contributed by atoms with Crippen LogP contribution in [0, 0.1) is 0 Å². The Morgan fingerprint density at radius 2 is 1.08 bits per heavy atom. The Bertz CT molecular complexity index is 991. The molecule has 0 aromatic heterocycles. The summed E-state index contributed by atoms with van der Waals surface area (Å²) in [6.45, 7) is 4.33. The molecule has 52 heavy (non-hydrogen) atoms. The molecule has 9 nitrogen and oxygen atoms in total. The van der Waals surface area contributed by atoms with E-state index in [4.69, 9.17) is 18.5 Å². The van der Waals surface area contributed by atoms with Crippen LogP contribution in [0.3, 0.4) is 0 Å². The minimum Gasteiger partial charge on any atom is -0.462 e. The maximum Gasteiger partial charge on any atom is 0.472 e. The van der Waals surface area contributed by atoms with E-state index < -0.39 is 26.5 Å². The van der Waals surface area contributed by atoms with E-state index in [0.717, 1.165) is 51.4 Å². The number of phosphoric ester groups is 1. The Morgan fingerprint density at radius 3 is 1.67 bits per heavy atom. The molecule has 0 aromatic carbocycles. The van der Waals surface area contributed by atoms with Crippen molar-refractivity contribution in [3.8, 4) is 0 Å². The highest BCUT2D eigenvalue weighted by atomic mass is 31.2. The second-order valence-electron chi connectivity index (χ2n) is 15.0. The first-order valence-corrected chi connectivity index (χ1v) is 22.2. The van der Waals surface area contributed by atoms with E-state index in [-0.39, 0.29) is 32.0 Å². The minimum atomic E-state index is -4.38. The van der Waals surface area contributed by atoms with Crippen molar-refractivity contribution in [1.82, 2.24) is 0 Å². The molecule has 0 spiro atoms. The Morgan fingerprint density at radius 1 is 0.596 bits per heavy atom. The highest BCUT2D eigenvalue weighted by Crippen LogP contribution is 2.43. The van der Waals surface area contributed by atoms with Crippen LogP contribution in [-0.4, -0.2) is 74.9 Å². The lowest BCUT2D eigenvalue weighted by atomic mass is 10.0. The summed E-state index contributed by atoms with van der Waals surface area (Å²) < 4.78 is 34.2. The fourth-order valence-corrected chi connectivity index (χ4v) is 6.10. The molecule has 304 valence electrons. The monoisotopic (exact) mass is 757 g/mol. The fraction of sp³-hybridized carbons (Fsp3) is 0.810. The summed E-state index contributed by atoms with van der Waals surface area (Å²) in [5.41, 5.74) is 0. The predicted octanol–water partition coefficient (Wildman–Crippen LogP) is 11.4. The first-order chi connectivity index (χ1) is 25.0. The summed E-state index contributed by atoms with van der Waals surface area (Å²) >= 11 is 0. The van der Waals surface area contributed by atoms with E-state index in [0.29, 0.717) is 17.4 Å². The topological polar surface area (TPSA) is 108 Å². The predicted molar refractivity (Wildman–Crippen MR) is 215 cm³/mol. The Hall–Kier alpha value is -1.77. The van der Waals surface area contributed by atoms with Gasteiger partial charge in [-0.2, -0.15) is 0 Å². The molecule has 0 heterocycles. The number of unbranched alkanes of at least 4 members (excludes halogenated alkanes) is 17. The van der Waals surface area contributed by atoms with Crippen molar-refractivity contribution >= 4 is 19.8 Å². The van der Waals surface area contributed by atoms with Crippen LogP contribution in [0.15, 0.2) is 36.5 Å². The molecule has 2 atom stereocenters. The average molecular weight is 757 g/mol. The number of ether oxygens (including phenoxy) is 2. The maximum absolute atomic E-state index is 12.6. The number of carbonyl (C=O) groups excluding carboxylic acids is 2. The number of nitrogens with zero attached hydrogens (tertiary/aromatic N) is 1. The molecular formula is C42H79NO8P+. The van der Waals surface area contributed by atoms with Crippen LogP contribution < -0.4 is 0 Å². The van der Waals surface area contributed by atoms with Gasteiger partial charge in [0.2, 0.25) is 0 Å². The summed E-state index contributed by atoms with van der Waals surface area (Å²) in [7, 11) is 1.45. The molecule has 0 aromatic rings. The van der Waals surface area contributed by atoms with Crippen LogP contribution in [-0.2, 0) is 32.7 Å². The van der Waals surface area contributed by atoms with Crippen molar-refractivity contribution in [1.29, 1.82) is 0 Å². The van der Waals surface area contributed by atoms with Crippen molar-refractivity contribution in [2.75, 3.05) is 47.5 Å². The summed E-state index contributed by atoms with van der Waals surface area (Å²) in [4.78, 5) is 35.2. The molecule has 1 N–H and O–H groups in total. The number of allylic oxidation sites excluding steroid dienone is 6. The molecule has 0 amide bonds. The molecule has 0 aliphatic carbocycles. The number of likely N-dealkylation sites (N-methyl/N-ethyl adjacent to an activating group) is 1. The van der Waals surface area contributed by atoms with Gasteiger partial charge < -0.3 is 18.9 Å². The third-order valence-corrected chi connectivity index (χ3v) is 9.64. The molecule has 0 bridgehead atoms. The van der Waals surface area contributed by atoms with Crippen molar-refractivity contribution < 1.29 is 42.1 Å². The summed E-state index contributed by atoms with van der Waals surface area (Å²) in [6, 6.07) is 0. The fourth-order valence-electron chi connectivity index (χ4n) is 5.36. The first kappa shape index (κ1) is 50.2. The highest BCUT2D eigenvalue weighted by molar-refractivity contribution is 7.47. The number of phosphoric acid groups is 1. The van der Waals surface area contributed by atoms with Crippen LogP contribution >= 0.6 is 7.82 Å². The van der Waals surface area contributed by atoms with E-state index in [1.54, 1.807) is 0 Å². The van der Waals surface area contributed by atoms with Gasteiger partial charge in [-0.15, -0.1) is 0 Å². The number of hydrogen-bond donors (Lipinski definition) is 1. The van der Waals surface area contributed by atoms with Gasteiger partial charge in [-0.1, -0.05) is 140 Å². The summed E-state index contributed by atoms with van der Waals surface area (Å²) in [6.07, 6.45) is 37.7. The van der Waals surface area contributed by atoms with Crippen molar-refractivity contribution in [3.05, 3.63) is 36.5 Å².